The van der Waals surface area contributed by atoms with Gasteiger partial charge in [0.25, 0.3) is 0 Å². The zero-order chi connectivity index (χ0) is 11.0. The number of likely N-dealkylation sites (tertiary alicyclic amines) is 1. The van der Waals surface area contributed by atoms with Gasteiger partial charge in [0.1, 0.15) is 0 Å². The predicted molar refractivity (Wildman–Crippen MR) is 65.3 cm³/mol. The van der Waals surface area contributed by atoms with Crippen LogP contribution in [0.4, 0.5) is 0 Å². The summed E-state index contributed by atoms with van der Waals surface area (Å²) in [5.74, 6) is 0.961. The molecule has 2 aliphatic carbocycles. The third-order valence-electron chi connectivity index (χ3n) is 5.16. The van der Waals surface area contributed by atoms with E-state index in [1.165, 1.54) is 57.9 Å². The lowest BCUT2D eigenvalue weighted by Gasteiger charge is -2.46. The number of nitrogens with zero attached hydrogens (tertiary/aromatic N) is 1. The Morgan fingerprint density at radius 1 is 0.750 bits per heavy atom. The molecule has 0 aromatic rings. The molecule has 0 aromatic carbocycles. The first kappa shape index (κ1) is 11.0. The zero-order valence-electron chi connectivity index (χ0n) is 10.3. The van der Waals surface area contributed by atoms with E-state index in [1.807, 2.05) is 0 Å². The van der Waals surface area contributed by atoms with Crippen molar-refractivity contribution in [3.05, 3.63) is 0 Å². The molecule has 4 atom stereocenters. The topological polar surface area (TPSA) is 23.5 Å². The first-order valence-corrected chi connectivity index (χ1v) is 7.30. The maximum Gasteiger partial charge on any atom is 0.0695 e. The molecule has 1 N–H and O–H groups in total. The molecule has 0 radical (unpaired) electrons. The average molecular weight is 223 g/mol. The summed E-state index contributed by atoms with van der Waals surface area (Å²) in [6.07, 6.45) is 11.9. The lowest BCUT2D eigenvalue weighted by molar-refractivity contribution is -0.0252. The highest BCUT2D eigenvalue weighted by Gasteiger charge is 2.40. The van der Waals surface area contributed by atoms with Gasteiger partial charge in [-0.1, -0.05) is 19.3 Å². The van der Waals surface area contributed by atoms with E-state index in [1.54, 1.807) is 0 Å². The molecule has 0 spiro atoms. The molecule has 3 aliphatic rings. The summed E-state index contributed by atoms with van der Waals surface area (Å²) in [6.45, 7) is 1.25. The normalized spacial score (nSPS) is 45.6. The van der Waals surface area contributed by atoms with Crippen LogP contribution in [0.5, 0.6) is 0 Å². The average Bonchev–Trinajstić information content (AvgIpc) is 2.77. The fourth-order valence-electron chi connectivity index (χ4n) is 4.38. The summed E-state index contributed by atoms with van der Waals surface area (Å²) >= 11 is 0. The highest BCUT2D eigenvalue weighted by Crippen LogP contribution is 2.39. The van der Waals surface area contributed by atoms with Gasteiger partial charge in [0.05, 0.1) is 6.10 Å². The first-order chi connectivity index (χ1) is 7.86. The Balaban J connectivity index is 1.71. The van der Waals surface area contributed by atoms with Crippen LogP contribution < -0.4 is 0 Å². The molecule has 16 heavy (non-hydrogen) atoms. The summed E-state index contributed by atoms with van der Waals surface area (Å²) in [5, 5.41) is 10.2. The lowest BCUT2D eigenvalue weighted by atomic mass is 9.85. The summed E-state index contributed by atoms with van der Waals surface area (Å²) in [5.41, 5.74) is 0. The van der Waals surface area contributed by atoms with Gasteiger partial charge in [-0.2, -0.15) is 0 Å². The molecule has 0 aromatic heterocycles. The van der Waals surface area contributed by atoms with Gasteiger partial charge in [-0.3, -0.25) is 4.90 Å². The van der Waals surface area contributed by atoms with Gasteiger partial charge >= 0.3 is 0 Å². The van der Waals surface area contributed by atoms with Gasteiger partial charge in [0, 0.05) is 12.1 Å². The van der Waals surface area contributed by atoms with Crippen molar-refractivity contribution in [3.8, 4) is 0 Å². The second-order valence-corrected chi connectivity index (χ2v) is 6.06. The largest absolute Gasteiger partial charge is 0.391 e. The van der Waals surface area contributed by atoms with Crippen LogP contribution in [-0.2, 0) is 0 Å². The molecule has 92 valence electrons. The minimum absolute atomic E-state index is 0.0342. The Morgan fingerprint density at radius 2 is 1.50 bits per heavy atom. The smallest absolute Gasteiger partial charge is 0.0695 e. The number of aliphatic hydroxyl groups excluding tert-OH is 1. The molecule has 2 heteroatoms. The van der Waals surface area contributed by atoms with Crippen LogP contribution in [0.15, 0.2) is 0 Å². The first-order valence-electron chi connectivity index (χ1n) is 7.30. The quantitative estimate of drug-likeness (QED) is 0.738. The predicted octanol–water partition coefficient (Wildman–Crippen LogP) is 2.55. The second-order valence-electron chi connectivity index (χ2n) is 6.06. The highest BCUT2D eigenvalue weighted by molar-refractivity contribution is 4.95. The number of rotatable bonds is 1. The van der Waals surface area contributed by atoms with E-state index in [9.17, 15) is 5.11 Å². The number of hydrogen-bond acceptors (Lipinski definition) is 2. The van der Waals surface area contributed by atoms with Crippen LogP contribution in [0.2, 0.25) is 0 Å². The SMILES string of the molecule is OC1CCCCC1N1CCCC2CCCC21. The molecule has 3 rings (SSSR count). The van der Waals surface area contributed by atoms with E-state index < -0.39 is 0 Å². The van der Waals surface area contributed by atoms with Crippen molar-refractivity contribution in [1.82, 2.24) is 4.90 Å². The maximum atomic E-state index is 10.2. The Labute approximate surface area is 99.0 Å². The second kappa shape index (κ2) is 4.66. The van der Waals surface area contributed by atoms with Crippen LogP contribution in [0.1, 0.15) is 57.8 Å². The van der Waals surface area contributed by atoms with Crippen molar-refractivity contribution in [2.45, 2.75) is 76.0 Å². The molecule has 4 unspecified atom stereocenters. The minimum atomic E-state index is -0.0342. The fraction of sp³-hybridized carbons (Fsp3) is 1.00. The highest BCUT2D eigenvalue weighted by atomic mass is 16.3. The zero-order valence-corrected chi connectivity index (χ0v) is 10.3. The summed E-state index contributed by atoms with van der Waals surface area (Å²) in [6, 6.07) is 1.33. The Hall–Kier alpha value is -0.0800. The van der Waals surface area contributed by atoms with Crippen molar-refractivity contribution >= 4 is 0 Å². The molecule has 2 nitrogen and oxygen atoms in total. The Kier molecular flexibility index (Phi) is 3.21. The van der Waals surface area contributed by atoms with Crippen LogP contribution in [-0.4, -0.2) is 34.7 Å². The number of piperidine rings is 1. The molecule has 0 amide bonds. The van der Waals surface area contributed by atoms with Gasteiger partial charge in [-0.05, 0) is 51.0 Å². The van der Waals surface area contributed by atoms with E-state index in [0.717, 1.165) is 18.4 Å². The van der Waals surface area contributed by atoms with Gasteiger partial charge in [0.15, 0.2) is 0 Å². The van der Waals surface area contributed by atoms with E-state index in [4.69, 9.17) is 0 Å². The van der Waals surface area contributed by atoms with Crippen LogP contribution in [0.3, 0.4) is 0 Å². The molecule has 1 saturated heterocycles. The van der Waals surface area contributed by atoms with E-state index in [0.29, 0.717) is 6.04 Å². The van der Waals surface area contributed by atoms with Gasteiger partial charge < -0.3 is 5.11 Å². The molecule has 3 fully saturated rings. The molecular weight excluding hydrogens is 198 g/mol. The van der Waals surface area contributed by atoms with Crippen molar-refractivity contribution < 1.29 is 5.11 Å². The van der Waals surface area contributed by atoms with Crippen LogP contribution in [0, 0.1) is 5.92 Å². The van der Waals surface area contributed by atoms with E-state index in [-0.39, 0.29) is 6.10 Å². The van der Waals surface area contributed by atoms with Gasteiger partial charge in [0.2, 0.25) is 0 Å². The molecular formula is C14H25NO. The Bertz CT molecular complexity index is 243. The van der Waals surface area contributed by atoms with Crippen molar-refractivity contribution in [2.24, 2.45) is 5.92 Å². The van der Waals surface area contributed by atoms with Gasteiger partial charge in [-0.25, -0.2) is 0 Å². The van der Waals surface area contributed by atoms with E-state index >= 15 is 0 Å². The third kappa shape index (κ3) is 1.91. The number of hydrogen-bond donors (Lipinski definition) is 1. The van der Waals surface area contributed by atoms with Crippen molar-refractivity contribution in [1.29, 1.82) is 0 Å². The fourth-order valence-corrected chi connectivity index (χ4v) is 4.38. The number of fused-ring (bicyclic) bond motifs is 1. The molecule has 2 saturated carbocycles. The Morgan fingerprint density at radius 3 is 2.38 bits per heavy atom. The van der Waals surface area contributed by atoms with Crippen molar-refractivity contribution in [3.63, 3.8) is 0 Å². The van der Waals surface area contributed by atoms with Crippen LogP contribution in [0.25, 0.3) is 0 Å². The summed E-state index contributed by atoms with van der Waals surface area (Å²) < 4.78 is 0. The molecule has 1 heterocycles. The third-order valence-corrected chi connectivity index (χ3v) is 5.16. The standard InChI is InChI=1S/C14H25NO/c16-14-9-2-1-7-13(14)15-10-4-6-11-5-3-8-12(11)15/h11-14,16H,1-10H2. The van der Waals surface area contributed by atoms with Gasteiger partial charge in [-0.15, -0.1) is 0 Å². The number of aliphatic hydroxyl groups is 1. The van der Waals surface area contributed by atoms with E-state index in [2.05, 4.69) is 4.90 Å². The maximum absolute atomic E-state index is 10.2. The minimum Gasteiger partial charge on any atom is -0.391 e. The molecule has 0 bridgehead atoms. The summed E-state index contributed by atoms with van der Waals surface area (Å²) in [7, 11) is 0. The summed E-state index contributed by atoms with van der Waals surface area (Å²) in [4.78, 5) is 2.70. The molecule has 1 aliphatic heterocycles. The van der Waals surface area contributed by atoms with Crippen LogP contribution >= 0.6 is 0 Å². The monoisotopic (exact) mass is 223 g/mol. The lowest BCUT2D eigenvalue weighted by Crippen LogP contribution is -2.53. The van der Waals surface area contributed by atoms with Crippen molar-refractivity contribution in [2.75, 3.05) is 6.54 Å².